The first kappa shape index (κ1) is 18.0. The van der Waals surface area contributed by atoms with Gasteiger partial charge in [0.1, 0.15) is 18.0 Å². The third-order valence-electron chi connectivity index (χ3n) is 2.85. The summed E-state index contributed by atoms with van der Waals surface area (Å²) < 4.78 is 43.1. The molecule has 0 aliphatic rings. The number of pyridine rings is 1. The van der Waals surface area contributed by atoms with Crippen LogP contribution in [0, 0.1) is 0 Å². The first-order valence-corrected chi connectivity index (χ1v) is 6.71. The molecular formula is C15H11F3N2O5. The van der Waals surface area contributed by atoms with E-state index in [-0.39, 0.29) is 11.5 Å². The Morgan fingerprint density at radius 3 is 2.52 bits per heavy atom. The molecule has 1 amide bonds. The van der Waals surface area contributed by atoms with Crippen LogP contribution in [-0.4, -0.2) is 33.6 Å². The van der Waals surface area contributed by atoms with Crippen molar-refractivity contribution >= 4 is 11.9 Å². The van der Waals surface area contributed by atoms with E-state index in [1.54, 1.807) is 0 Å². The van der Waals surface area contributed by atoms with Crippen molar-refractivity contribution in [3.8, 4) is 17.2 Å². The van der Waals surface area contributed by atoms with Crippen molar-refractivity contribution in [2.45, 2.75) is 6.18 Å². The lowest BCUT2D eigenvalue weighted by atomic mass is 10.2. The Balaban J connectivity index is 2.16. The summed E-state index contributed by atoms with van der Waals surface area (Å²) in [5, 5.41) is 20.2. The van der Waals surface area contributed by atoms with Crippen molar-refractivity contribution in [3.05, 3.63) is 47.8 Å². The minimum atomic E-state index is -4.54. The van der Waals surface area contributed by atoms with Gasteiger partial charge in [0.15, 0.2) is 11.4 Å². The van der Waals surface area contributed by atoms with E-state index in [9.17, 15) is 27.9 Å². The molecule has 1 aromatic carbocycles. The number of carbonyl (C=O) groups excluding carboxylic acids is 1. The molecule has 1 heterocycles. The van der Waals surface area contributed by atoms with Gasteiger partial charge in [-0.25, -0.2) is 4.98 Å². The molecule has 25 heavy (non-hydrogen) atoms. The van der Waals surface area contributed by atoms with Crippen LogP contribution in [0.3, 0.4) is 0 Å². The Bertz CT molecular complexity index is 808. The number of rotatable bonds is 5. The van der Waals surface area contributed by atoms with Gasteiger partial charge < -0.3 is 20.3 Å². The quantitative estimate of drug-likeness (QED) is 0.759. The zero-order valence-corrected chi connectivity index (χ0v) is 12.4. The smallest absolute Gasteiger partial charge is 0.416 e. The largest absolute Gasteiger partial charge is 0.505 e. The normalized spacial score (nSPS) is 11.0. The molecule has 2 aromatic rings. The van der Waals surface area contributed by atoms with Gasteiger partial charge >= 0.3 is 12.1 Å². The van der Waals surface area contributed by atoms with Crippen molar-refractivity contribution in [1.29, 1.82) is 0 Å². The van der Waals surface area contributed by atoms with Gasteiger partial charge in [-0.3, -0.25) is 9.59 Å². The lowest BCUT2D eigenvalue weighted by Gasteiger charge is -2.10. The maximum Gasteiger partial charge on any atom is 0.416 e. The van der Waals surface area contributed by atoms with E-state index in [4.69, 9.17) is 9.84 Å². The lowest BCUT2D eigenvalue weighted by Crippen LogP contribution is -2.29. The van der Waals surface area contributed by atoms with Gasteiger partial charge in [-0.15, -0.1) is 0 Å². The van der Waals surface area contributed by atoms with Crippen LogP contribution in [0.5, 0.6) is 17.2 Å². The number of ether oxygens (including phenoxy) is 1. The van der Waals surface area contributed by atoms with Crippen LogP contribution < -0.4 is 10.1 Å². The van der Waals surface area contributed by atoms with Gasteiger partial charge in [0.2, 0.25) is 0 Å². The molecule has 0 spiro atoms. The van der Waals surface area contributed by atoms with E-state index in [0.29, 0.717) is 0 Å². The van der Waals surface area contributed by atoms with Gasteiger partial charge in [-0.05, 0) is 18.2 Å². The Morgan fingerprint density at radius 2 is 1.92 bits per heavy atom. The van der Waals surface area contributed by atoms with Crippen molar-refractivity contribution in [3.63, 3.8) is 0 Å². The minimum Gasteiger partial charge on any atom is -0.505 e. The molecule has 0 atom stereocenters. The summed E-state index contributed by atoms with van der Waals surface area (Å²) in [6.45, 7) is -0.664. The number of halogens is 3. The number of hydrogen-bond donors (Lipinski definition) is 3. The third-order valence-corrected chi connectivity index (χ3v) is 2.85. The van der Waals surface area contributed by atoms with Gasteiger partial charge in [0, 0.05) is 6.07 Å². The Labute approximate surface area is 138 Å². The van der Waals surface area contributed by atoms with E-state index in [1.165, 1.54) is 6.07 Å². The Morgan fingerprint density at radius 1 is 1.20 bits per heavy atom. The van der Waals surface area contributed by atoms with Crippen LogP contribution in [0.1, 0.15) is 16.1 Å². The van der Waals surface area contributed by atoms with E-state index in [2.05, 4.69) is 4.98 Å². The number of amides is 1. The van der Waals surface area contributed by atoms with Crippen molar-refractivity contribution in [2.24, 2.45) is 0 Å². The molecule has 0 fully saturated rings. The fourth-order valence-electron chi connectivity index (χ4n) is 1.78. The van der Waals surface area contributed by atoms with E-state index >= 15 is 0 Å². The van der Waals surface area contributed by atoms with Crippen LogP contribution in [0.4, 0.5) is 13.2 Å². The molecular weight excluding hydrogens is 345 g/mol. The van der Waals surface area contributed by atoms with E-state index < -0.39 is 41.6 Å². The summed E-state index contributed by atoms with van der Waals surface area (Å²) in [5.41, 5.74) is -1.36. The molecule has 3 N–H and O–H groups in total. The predicted molar refractivity (Wildman–Crippen MR) is 77.4 cm³/mol. The molecule has 0 aliphatic heterocycles. The Hall–Kier alpha value is -3.30. The molecule has 0 aliphatic carbocycles. The molecule has 0 unspecified atom stereocenters. The number of aromatic nitrogens is 1. The highest BCUT2D eigenvalue weighted by Crippen LogP contribution is 2.33. The second-order valence-electron chi connectivity index (χ2n) is 4.74. The highest BCUT2D eigenvalue weighted by molar-refractivity contribution is 5.96. The zero-order chi connectivity index (χ0) is 18.6. The van der Waals surface area contributed by atoms with Crippen LogP contribution in [0.25, 0.3) is 0 Å². The monoisotopic (exact) mass is 356 g/mol. The number of carbonyl (C=O) groups is 2. The summed E-state index contributed by atoms with van der Waals surface area (Å²) in [5.74, 6) is -3.07. The van der Waals surface area contributed by atoms with Gasteiger partial charge in [-0.1, -0.05) is 6.07 Å². The summed E-state index contributed by atoms with van der Waals surface area (Å²) in [4.78, 5) is 25.6. The topological polar surface area (TPSA) is 109 Å². The number of aromatic hydroxyl groups is 1. The fourth-order valence-corrected chi connectivity index (χ4v) is 1.78. The lowest BCUT2D eigenvalue weighted by molar-refractivity contribution is -0.138. The average molecular weight is 356 g/mol. The van der Waals surface area contributed by atoms with Crippen molar-refractivity contribution in [1.82, 2.24) is 10.3 Å². The van der Waals surface area contributed by atoms with Crippen LogP contribution in [0.2, 0.25) is 0 Å². The summed E-state index contributed by atoms with van der Waals surface area (Å²) in [6.07, 6.45) is -3.53. The number of benzene rings is 1. The van der Waals surface area contributed by atoms with Crippen molar-refractivity contribution in [2.75, 3.05) is 6.54 Å². The number of nitrogens with one attached hydrogen (secondary N) is 1. The van der Waals surface area contributed by atoms with E-state index in [1.807, 2.05) is 5.32 Å². The zero-order valence-electron chi connectivity index (χ0n) is 12.4. The number of nitrogens with zero attached hydrogens (tertiary/aromatic N) is 1. The predicted octanol–water partition coefficient (Wildman–Crippen LogP) is 2.41. The maximum absolute atomic E-state index is 12.6. The molecule has 0 saturated heterocycles. The first-order chi connectivity index (χ1) is 11.7. The first-order valence-electron chi connectivity index (χ1n) is 6.71. The highest BCUT2D eigenvalue weighted by atomic mass is 19.4. The summed E-state index contributed by atoms with van der Waals surface area (Å²) in [7, 11) is 0. The van der Waals surface area contributed by atoms with Crippen LogP contribution in [-0.2, 0) is 11.0 Å². The fraction of sp³-hybridized carbons (Fsp3) is 0.133. The molecule has 7 nitrogen and oxygen atoms in total. The van der Waals surface area contributed by atoms with Crippen molar-refractivity contribution < 1.29 is 37.7 Å². The number of carboxylic acids is 1. The molecule has 2 rings (SSSR count). The average Bonchev–Trinajstić information content (AvgIpc) is 2.52. The summed E-state index contributed by atoms with van der Waals surface area (Å²) in [6, 6.07) is 5.05. The third kappa shape index (κ3) is 4.83. The highest BCUT2D eigenvalue weighted by Gasteiger charge is 2.30. The van der Waals surface area contributed by atoms with E-state index in [0.717, 1.165) is 30.5 Å². The molecule has 0 bridgehead atoms. The molecule has 132 valence electrons. The van der Waals surface area contributed by atoms with Gasteiger partial charge in [0.05, 0.1) is 11.8 Å². The van der Waals surface area contributed by atoms with Crippen LogP contribution in [0.15, 0.2) is 36.5 Å². The minimum absolute atomic E-state index is 0.105. The number of hydrogen-bond acceptors (Lipinski definition) is 5. The molecule has 0 radical (unpaired) electrons. The van der Waals surface area contributed by atoms with Gasteiger partial charge in [0.25, 0.3) is 5.91 Å². The number of aliphatic carboxylic acids is 1. The van der Waals surface area contributed by atoms with Gasteiger partial charge in [-0.2, -0.15) is 13.2 Å². The Kier molecular flexibility index (Phi) is 5.11. The number of alkyl halides is 3. The second-order valence-corrected chi connectivity index (χ2v) is 4.74. The maximum atomic E-state index is 12.6. The van der Waals surface area contributed by atoms with Crippen LogP contribution >= 0.6 is 0 Å². The number of carboxylic acid groups (broad SMARTS) is 1. The molecule has 10 heteroatoms. The molecule has 0 saturated carbocycles. The standard InChI is InChI=1S/C15H11F3N2O5/c16-15(17,18)8-2-1-3-9(4-8)25-10-5-11(21)13(19-6-10)14(24)20-7-12(22)23/h1-6,21H,7H2,(H,20,24)(H,22,23). The SMILES string of the molecule is O=C(O)CNC(=O)c1ncc(Oc2cccc(C(F)(F)F)c2)cc1O. The molecule has 1 aromatic heterocycles. The summed E-state index contributed by atoms with van der Waals surface area (Å²) >= 11 is 0. The second kappa shape index (κ2) is 7.07.